The van der Waals surface area contributed by atoms with Crippen LogP contribution in [-0.4, -0.2) is 0 Å². The van der Waals surface area contributed by atoms with Gasteiger partial charge in [0, 0.05) is 0 Å². The molecule has 0 nitrogen and oxygen atoms in total. The molecule has 0 N–H and O–H groups in total. The highest BCUT2D eigenvalue weighted by molar-refractivity contribution is 7.08. The van der Waals surface area contributed by atoms with E-state index in [0.717, 1.165) is 0 Å². The Labute approximate surface area is 88.5 Å². The van der Waals surface area contributed by atoms with Gasteiger partial charge in [-0.2, -0.15) is 11.3 Å². The molecule has 1 aromatic heterocycles. The molecule has 70 valence electrons. The molecule has 0 saturated carbocycles. The van der Waals surface area contributed by atoms with Crippen LogP contribution in [0.5, 0.6) is 0 Å². The minimum atomic E-state index is 1.22. The zero-order valence-corrected chi connectivity index (χ0v) is 8.97. The lowest BCUT2D eigenvalue weighted by atomic mass is 10.0. The Balaban J connectivity index is 2.51. The lowest BCUT2D eigenvalue weighted by molar-refractivity contribution is 1.44. The second kappa shape index (κ2) is 3.81. The van der Waals surface area contributed by atoms with Gasteiger partial charge >= 0.3 is 0 Å². The third kappa shape index (κ3) is 1.64. The van der Waals surface area contributed by atoms with Gasteiger partial charge in [0.05, 0.1) is 0 Å². The van der Waals surface area contributed by atoms with Crippen LogP contribution in [0.4, 0.5) is 0 Å². The smallest absolute Gasteiger partial charge is 0.00147 e. The Bertz CT molecular complexity index is 438. The molecular formula is C13H12S. The van der Waals surface area contributed by atoms with Crippen molar-refractivity contribution >= 4 is 17.4 Å². The van der Waals surface area contributed by atoms with Crippen LogP contribution in [0.2, 0.25) is 0 Å². The van der Waals surface area contributed by atoms with E-state index in [2.05, 4.69) is 48.5 Å². The molecule has 1 heteroatoms. The normalized spacial score (nSPS) is 10.1. The first-order valence-electron chi connectivity index (χ1n) is 4.57. The molecule has 0 aliphatic rings. The maximum Gasteiger partial charge on any atom is -0.00147 e. The van der Waals surface area contributed by atoms with Crippen molar-refractivity contribution in [3.05, 3.63) is 52.7 Å². The summed E-state index contributed by atoms with van der Waals surface area (Å²) in [5.41, 5.74) is 5.05. The van der Waals surface area contributed by atoms with E-state index in [9.17, 15) is 0 Å². The van der Waals surface area contributed by atoms with E-state index in [1.165, 1.54) is 22.3 Å². The molecule has 0 atom stereocenters. The second-order valence-corrected chi connectivity index (χ2v) is 4.07. The SMILES string of the molecule is C=Cc1cc(-c2ccsc2)ccc1C. The number of hydrogen-bond acceptors (Lipinski definition) is 1. The van der Waals surface area contributed by atoms with E-state index >= 15 is 0 Å². The minimum Gasteiger partial charge on any atom is -0.152 e. The van der Waals surface area contributed by atoms with Crippen LogP contribution in [0.25, 0.3) is 17.2 Å². The zero-order chi connectivity index (χ0) is 9.97. The van der Waals surface area contributed by atoms with Gasteiger partial charge in [-0.3, -0.25) is 0 Å². The number of hydrogen-bond donors (Lipinski definition) is 0. The van der Waals surface area contributed by atoms with Crippen molar-refractivity contribution in [1.82, 2.24) is 0 Å². The third-order valence-corrected chi connectivity index (χ3v) is 3.04. The van der Waals surface area contributed by atoms with E-state index in [-0.39, 0.29) is 0 Å². The fourth-order valence-corrected chi connectivity index (χ4v) is 2.13. The van der Waals surface area contributed by atoms with Crippen LogP contribution in [-0.2, 0) is 0 Å². The van der Waals surface area contributed by atoms with Crippen LogP contribution < -0.4 is 0 Å². The van der Waals surface area contributed by atoms with E-state index in [0.29, 0.717) is 0 Å². The van der Waals surface area contributed by atoms with Gasteiger partial charge in [-0.15, -0.1) is 0 Å². The summed E-state index contributed by atoms with van der Waals surface area (Å²) in [4.78, 5) is 0. The van der Waals surface area contributed by atoms with Crippen LogP contribution in [0, 0.1) is 6.92 Å². The van der Waals surface area contributed by atoms with Gasteiger partial charge in [-0.05, 0) is 52.1 Å². The third-order valence-electron chi connectivity index (χ3n) is 2.35. The van der Waals surface area contributed by atoms with Crippen molar-refractivity contribution in [2.45, 2.75) is 6.92 Å². The molecule has 0 bridgehead atoms. The molecule has 0 unspecified atom stereocenters. The highest BCUT2D eigenvalue weighted by atomic mass is 32.1. The maximum atomic E-state index is 3.82. The lowest BCUT2D eigenvalue weighted by Crippen LogP contribution is -1.81. The zero-order valence-electron chi connectivity index (χ0n) is 8.16. The molecule has 0 spiro atoms. The molecule has 0 aliphatic heterocycles. The highest BCUT2D eigenvalue weighted by Gasteiger charge is 2.00. The molecule has 0 fully saturated rings. The summed E-state index contributed by atoms with van der Waals surface area (Å²) in [6, 6.07) is 8.63. The fourth-order valence-electron chi connectivity index (χ4n) is 1.47. The largest absolute Gasteiger partial charge is 0.152 e. The monoisotopic (exact) mass is 200 g/mol. The summed E-state index contributed by atoms with van der Waals surface area (Å²) in [5.74, 6) is 0. The summed E-state index contributed by atoms with van der Waals surface area (Å²) >= 11 is 1.73. The van der Waals surface area contributed by atoms with Crippen LogP contribution >= 0.6 is 11.3 Å². The fraction of sp³-hybridized carbons (Fsp3) is 0.0769. The van der Waals surface area contributed by atoms with E-state index < -0.39 is 0 Å². The van der Waals surface area contributed by atoms with E-state index in [4.69, 9.17) is 0 Å². The summed E-state index contributed by atoms with van der Waals surface area (Å²) in [6.07, 6.45) is 1.91. The number of rotatable bonds is 2. The summed E-state index contributed by atoms with van der Waals surface area (Å²) in [7, 11) is 0. The predicted octanol–water partition coefficient (Wildman–Crippen LogP) is 4.37. The predicted molar refractivity (Wildman–Crippen MR) is 64.6 cm³/mol. The van der Waals surface area contributed by atoms with Crippen molar-refractivity contribution < 1.29 is 0 Å². The minimum absolute atomic E-state index is 1.22. The van der Waals surface area contributed by atoms with Crippen molar-refractivity contribution in [1.29, 1.82) is 0 Å². The summed E-state index contributed by atoms with van der Waals surface area (Å²) in [5, 5.41) is 4.26. The molecule has 0 amide bonds. The van der Waals surface area contributed by atoms with E-state index in [1.807, 2.05) is 6.08 Å². The molecule has 0 aliphatic carbocycles. The summed E-state index contributed by atoms with van der Waals surface area (Å²) < 4.78 is 0. The van der Waals surface area contributed by atoms with Crippen molar-refractivity contribution in [2.75, 3.05) is 0 Å². The van der Waals surface area contributed by atoms with Crippen molar-refractivity contribution in [3.8, 4) is 11.1 Å². The van der Waals surface area contributed by atoms with Crippen LogP contribution in [0.1, 0.15) is 11.1 Å². The Morgan fingerprint density at radius 2 is 2.07 bits per heavy atom. The van der Waals surface area contributed by atoms with Gasteiger partial charge < -0.3 is 0 Å². The van der Waals surface area contributed by atoms with Crippen molar-refractivity contribution in [3.63, 3.8) is 0 Å². The number of thiophene rings is 1. The van der Waals surface area contributed by atoms with Crippen molar-refractivity contribution in [2.24, 2.45) is 0 Å². The Morgan fingerprint density at radius 3 is 2.71 bits per heavy atom. The molecule has 1 heterocycles. The highest BCUT2D eigenvalue weighted by Crippen LogP contribution is 2.24. The van der Waals surface area contributed by atoms with Crippen LogP contribution in [0.15, 0.2) is 41.6 Å². The molecular weight excluding hydrogens is 188 g/mol. The molecule has 1 aromatic carbocycles. The Kier molecular flexibility index (Phi) is 2.51. The number of aryl methyl sites for hydroxylation is 1. The molecule has 2 rings (SSSR count). The molecule has 2 aromatic rings. The Hall–Kier alpha value is -1.34. The van der Waals surface area contributed by atoms with Gasteiger partial charge in [0.2, 0.25) is 0 Å². The first-order valence-corrected chi connectivity index (χ1v) is 5.51. The standard InChI is InChI=1S/C13H12S/c1-3-11-8-12(5-4-10(11)2)13-6-7-14-9-13/h3-9H,1H2,2H3. The topological polar surface area (TPSA) is 0 Å². The first-order chi connectivity index (χ1) is 6.81. The second-order valence-electron chi connectivity index (χ2n) is 3.29. The quantitative estimate of drug-likeness (QED) is 0.675. The summed E-state index contributed by atoms with van der Waals surface area (Å²) in [6.45, 7) is 5.92. The van der Waals surface area contributed by atoms with Gasteiger partial charge in [0.1, 0.15) is 0 Å². The Morgan fingerprint density at radius 1 is 1.21 bits per heavy atom. The molecule has 14 heavy (non-hydrogen) atoms. The maximum absolute atomic E-state index is 3.82. The molecule has 0 saturated heterocycles. The molecule has 0 radical (unpaired) electrons. The number of benzene rings is 1. The van der Waals surface area contributed by atoms with E-state index in [1.54, 1.807) is 11.3 Å². The lowest BCUT2D eigenvalue weighted by Gasteiger charge is -2.03. The average Bonchev–Trinajstić information content (AvgIpc) is 2.71. The van der Waals surface area contributed by atoms with Gasteiger partial charge in [-0.1, -0.05) is 24.8 Å². The van der Waals surface area contributed by atoms with Gasteiger partial charge in [0.15, 0.2) is 0 Å². The van der Waals surface area contributed by atoms with Crippen LogP contribution in [0.3, 0.4) is 0 Å². The van der Waals surface area contributed by atoms with Gasteiger partial charge in [-0.25, -0.2) is 0 Å². The first kappa shape index (κ1) is 9.22. The average molecular weight is 200 g/mol. The van der Waals surface area contributed by atoms with Gasteiger partial charge in [0.25, 0.3) is 0 Å².